The molecule has 15 nitrogen and oxygen atoms in total. The Morgan fingerprint density at radius 2 is 2.02 bits per heavy atom. The predicted octanol–water partition coefficient (Wildman–Crippen LogP) is -0.0259. The summed E-state index contributed by atoms with van der Waals surface area (Å²) in [6.07, 6.45) is 0.613. The highest BCUT2D eigenvalue weighted by Crippen LogP contribution is 2.41. The first-order valence-corrected chi connectivity index (χ1v) is 16.6. The number of nitrogen functional groups attached to an aromatic ring is 2. The molecular formula is C28H28N8O7S3. The standard InChI is InChI=1S/C28H28N8O7S3/c1-13(8-18(37)38)43-34-19(17-12-45-27(30)31-17)23(39)32-20-24(40)36-21(26(41)42)15(10-44-25(20)36)11-46-28-33-22(29)16(9-35(28)2)14-6-4-3-5-7-14/h3-7,9,12-13,20,25,29H,8,10-11H2,1-2H3,(H5,30,31,32,37,38,39,41,42)/b34-19-/t13?,20?,25-/m1/s1. The number of rotatable bonds is 12. The third-order valence-corrected chi connectivity index (χ3v) is 10.0. The van der Waals surface area contributed by atoms with Crippen LogP contribution in [0.4, 0.5) is 10.9 Å². The number of fused-ring (bicyclic) bond motifs is 1. The van der Waals surface area contributed by atoms with Crippen LogP contribution in [-0.4, -0.2) is 78.5 Å². The van der Waals surface area contributed by atoms with Crippen LogP contribution in [0.1, 0.15) is 19.0 Å². The van der Waals surface area contributed by atoms with E-state index in [-0.39, 0.29) is 40.2 Å². The fourth-order valence-electron chi connectivity index (χ4n) is 4.70. The number of nitrogens with one attached hydrogen (secondary N) is 1. The number of aromatic nitrogens is 3. The van der Waals surface area contributed by atoms with Crippen LogP contribution >= 0.6 is 34.9 Å². The summed E-state index contributed by atoms with van der Waals surface area (Å²) in [4.78, 5) is 64.6. The normalized spacial score (nSPS) is 18.4. The van der Waals surface area contributed by atoms with Crippen molar-refractivity contribution in [2.24, 2.45) is 12.2 Å². The highest BCUT2D eigenvalue weighted by atomic mass is 32.2. The van der Waals surface area contributed by atoms with Crippen LogP contribution in [-0.2, 0) is 31.1 Å². The monoisotopic (exact) mass is 684 g/mol. The van der Waals surface area contributed by atoms with Gasteiger partial charge < -0.3 is 36.6 Å². The molecule has 3 aromatic rings. The van der Waals surface area contributed by atoms with E-state index in [9.17, 15) is 24.3 Å². The number of nitrogens with two attached hydrogens (primary N) is 2. The number of carboxylic acids is 2. The highest BCUT2D eigenvalue weighted by molar-refractivity contribution is 8.01. The molecule has 1 aromatic carbocycles. The Morgan fingerprint density at radius 1 is 1.28 bits per heavy atom. The van der Waals surface area contributed by atoms with E-state index in [0.29, 0.717) is 16.5 Å². The molecule has 2 aromatic heterocycles. The lowest BCUT2D eigenvalue weighted by molar-refractivity contribution is -0.712. The van der Waals surface area contributed by atoms with Gasteiger partial charge in [-0.05, 0) is 34.8 Å². The molecule has 240 valence electrons. The molecule has 6 N–H and O–H groups in total. The molecule has 0 bridgehead atoms. The van der Waals surface area contributed by atoms with E-state index < -0.39 is 41.3 Å². The number of aliphatic carboxylic acids is 2. The Labute approximate surface area is 274 Å². The van der Waals surface area contributed by atoms with E-state index in [4.69, 9.17) is 21.4 Å². The molecule has 0 spiro atoms. The van der Waals surface area contributed by atoms with Crippen LogP contribution in [0.15, 0.2) is 63.5 Å². The summed E-state index contributed by atoms with van der Waals surface area (Å²) in [6.45, 7) is 1.46. The Morgan fingerprint density at radius 3 is 2.67 bits per heavy atom. The van der Waals surface area contributed by atoms with E-state index >= 15 is 0 Å². The fourth-order valence-corrected chi connectivity index (χ4v) is 7.69. The molecule has 0 radical (unpaired) electrons. The summed E-state index contributed by atoms with van der Waals surface area (Å²) in [5.41, 5.74) is 13.6. The van der Waals surface area contributed by atoms with Gasteiger partial charge in [-0.1, -0.05) is 35.5 Å². The van der Waals surface area contributed by atoms with E-state index in [1.807, 2.05) is 43.6 Å². The summed E-state index contributed by atoms with van der Waals surface area (Å²) in [7, 11) is 1.81. The number of amides is 2. The van der Waals surface area contributed by atoms with Gasteiger partial charge in [-0.15, -0.1) is 23.1 Å². The van der Waals surface area contributed by atoms with Gasteiger partial charge in [-0.3, -0.25) is 19.3 Å². The second-order valence-corrected chi connectivity index (χ2v) is 13.2. The zero-order valence-corrected chi connectivity index (χ0v) is 26.9. The Kier molecular flexibility index (Phi) is 9.78. The van der Waals surface area contributed by atoms with Gasteiger partial charge in [-0.2, -0.15) is 0 Å². The lowest BCUT2D eigenvalue weighted by Crippen LogP contribution is -2.71. The molecular weight excluding hydrogens is 657 g/mol. The first-order chi connectivity index (χ1) is 21.9. The van der Waals surface area contributed by atoms with Crippen molar-refractivity contribution in [3.8, 4) is 11.1 Å². The summed E-state index contributed by atoms with van der Waals surface area (Å²) in [5.74, 6) is -3.35. The average molecular weight is 685 g/mol. The third kappa shape index (κ3) is 6.92. The molecule has 3 atom stereocenters. The zero-order valence-electron chi connectivity index (χ0n) is 24.4. The van der Waals surface area contributed by atoms with Crippen molar-refractivity contribution in [1.29, 1.82) is 0 Å². The number of carbonyl (C=O) groups is 4. The minimum atomic E-state index is -1.52. The molecule has 1 fully saturated rings. The van der Waals surface area contributed by atoms with Crippen LogP contribution in [0.5, 0.6) is 0 Å². The van der Waals surface area contributed by atoms with Gasteiger partial charge in [-0.25, -0.2) is 9.55 Å². The van der Waals surface area contributed by atoms with Crippen LogP contribution in [0, 0.1) is 0 Å². The molecule has 0 saturated carbocycles. The highest BCUT2D eigenvalue weighted by Gasteiger charge is 2.53. The number of hydrogen-bond donors (Lipinski definition) is 4. The first kappa shape index (κ1) is 32.7. The molecule has 2 aliphatic heterocycles. The van der Waals surface area contributed by atoms with Crippen LogP contribution in [0.25, 0.3) is 11.1 Å². The predicted molar refractivity (Wildman–Crippen MR) is 169 cm³/mol. The van der Waals surface area contributed by atoms with Crippen molar-refractivity contribution in [2.45, 2.75) is 36.0 Å². The molecule has 18 heteroatoms. The van der Waals surface area contributed by atoms with Gasteiger partial charge in [0.05, 0.1) is 30.7 Å². The Balaban J connectivity index is 1.30. The van der Waals surface area contributed by atoms with E-state index in [0.717, 1.165) is 27.4 Å². The van der Waals surface area contributed by atoms with Gasteiger partial charge in [0, 0.05) is 16.9 Å². The van der Waals surface area contributed by atoms with Crippen LogP contribution < -0.4 is 26.5 Å². The Hall–Kier alpha value is -4.68. The lowest BCUT2D eigenvalue weighted by atomic mass is 10.0. The average Bonchev–Trinajstić information content (AvgIpc) is 3.45. The van der Waals surface area contributed by atoms with Crippen LogP contribution in [0.2, 0.25) is 0 Å². The number of benzene rings is 1. The molecule has 1 saturated heterocycles. The molecule has 2 aliphatic rings. The third-order valence-electron chi connectivity index (χ3n) is 6.87. The van der Waals surface area contributed by atoms with Crippen molar-refractivity contribution in [3.63, 3.8) is 0 Å². The van der Waals surface area contributed by atoms with Crippen molar-refractivity contribution >= 4 is 75.3 Å². The largest absolute Gasteiger partial charge is 0.543 e. The van der Waals surface area contributed by atoms with Gasteiger partial charge in [0.1, 0.15) is 29.4 Å². The van der Waals surface area contributed by atoms with E-state index in [1.165, 1.54) is 35.8 Å². The van der Waals surface area contributed by atoms with E-state index in [1.54, 1.807) is 4.57 Å². The second-order valence-electron chi connectivity index (χ2n) is 10.2. The number of carboxylic acid groups (broad SMARTS) is 2. The summed E-state index contributed by atoms with van der Waals surface area (Å²) in [6, 6.07) is 8.46. The number of nitrogens with zero attached hydrogens (tertiary/aromatic N) is 5. The van der Waals surface area contributed by atoms with Gasteiger partial charge in [0.2, 0.25) is 0 Å². The van der Waals surface area contributed by atoms with Gasteiger partial charge in [0.15, 0.2) is 10.8 Å². The number of hydrogen-bond acceptors (Lipinski definition) is 14. The number of thiazole rings is 1. The fraction of sp³-hybridized carbons (Fsp3) is 0.286. The maximum Gasteiger partial charge on any atom is 0.361 e. The number of carbonyl (C=O) groups excluding carboxylic acids is 3. The van der Waals surface area contributed by atoms with Gasteiger partial charge >= 0.3 is 11.1 Å². The van der Waals surface area contributed by atoms with Crippen molar-refractivity contribution < 1.29 is 38.8 Å². The molecule has 2 unspecified atom stereocenters. The summed E-state index contributed by atoms with van der Waals surface area (Å²) < 4.78 is 1.79. The SMILES string of the molecule is CC(CC(=O)O)O/N=C(\C(=O)NC1C(=O)N2C(C(=O)[O-])=C(CSc3nc(N)c(-c4ccccc4)c[n+]3C)CS[C@H]12)c1csc(N)n1. The number of aryl methyl sites for hydroxylation is 1. The molecule has 5 rings (SSSR count). The minimum absolute atomic E-state index is 0.0660. The van der Waals surface area contributed by atoms with E-state index in [2.05, 4.69) is 20.4 Å². The molecule has 46 heavy (non-hydrogen) atoms. The Bertz CT molecular complexity index is 1760. The van der Waals surface area contributed by atoms with Crippen LogP contribution in [0.3, 0.4) is 0 Å². The topological polar surface area (TPSA) is 230 Å². The maximum absolute atomic E-state index is 13.3. The molecule has 2 amide bonds. The second kappa shape index (κ2) is 13.8. The minimum Gasteiger partial charge on any atom is -0.543 e. The number of thioether (sulfide) groups is 2. The summed E-state index contributed by atoms with van der Waals surface area (Å²) >= 11 is 3.59. The van der Waals surface area contributed by atoms with Crippen molar-refractivity contribution in [1.82, 2.24) is 20.2 Å². The number of anilines is 2. The number of β-lactam (4-membered cyclic amide) rings is 1. The maximum atomic E-state index is 13.3. The molecule has 0 aliphatic carbocycles. The smallest absolute Gasteiger partial charge is 0.361 e. The van der Waals surface area contributed by atoms with Crippen molar-refractivity contribution in [2.75, 3.05) is 23.0 Å². The molecule has 4 heterocycles. The summed E-state index contributed by atoms with van der Waals surface area (Å²) in [5, 5.41) is 29.1. The lowest BCUT2D eigenvalue weighted by Gasteiger charge is -2.50. The number of oxime groups is 1. The first-order valence-electron chi connectivity index (χ1n) is 13.6. The zero-order chi connectivity index (χ0) is 33.1. The van der Waals surface area contributed by atoms with Crippen molar-refractivity contribution in [3.05, 3.63) is 58.9 Å². The van der Waals surface area contributed by atoms with Gasteiger partial charge in [0.25, 0.3) is 17.6 Å². The quantitative estimate of drug-likeness (QED) is 0.0491.